The van der Waals surface area contributed by atoms with Crippen molar-refractivity contribution >= 4 is 56.5 Å². The fourth-order valence-electron chi connectivity index (χ4n) is 4.03. The number of halogens is 2. The van der Waals surface area contributed by atoms with Gasteiger partial charge in [-0.1, -0.05) is 53.5 Å². The van der Waals surface area contributed by atoms with Crippen molar-refractivity contribution in [3.63, 3.8) is 0 Å². The van der Waals surface area contributed by atoms with Gasteiger partial charge in [0.25, 0.3) is 21.5 Å². The summed E-state index contributed by atoms with van der Waals surface area (Å²) in [5.74, 6) is -1.61. The number of benzene rings is 3. The monoisotopic (exact) mass is 632 g/mol. The number of methoxy groups -OCH3 is 1. The predicted molar refractivity (Wildman–Crippen MR) is 160 cm³/mol. The molecule has 42 heavy (non-hydrogen) atoms. The van der Waals surface area contributed by atoms with Crippen molar-refractivity contribution in [2.24, 2.45) is 7.05 Å². The van der Waals surface area contributed by atoms with E-state index >= 15 is 0 Å². The summed E-state index contributed by atoms with van der Waals surface area (Å²) in [5, 5.41) is 2.07. The first kappa shape index (κ1) is 30.7. The number of carbonyl (C=O) groups excluding carboxylic acids is 2. The molecule has 4 rings (SSSR count). The third kappa shape index (κ3) is 6.15. The van der Waals surface area contributed by atoms with Gasteiger partial charge in [-0.25, -0.2) is 17.9 Å². The van der Waals surface area contributed by atoms with Crippen LogP contribution in [0.15, 0.2) is 76.4 Å². The second-order valence-corrected chi connectivity index (χ2v) is 11.5. The van der Waals surface area contributed by atoms with Gasteiger partial charge in [0.1, 0.15) is 16.3 Å². The van der Waals surface area contributed by atoms with Crippen LogP contribution in [0.2, 0.25) is 10.0 Å². The minimum absolute atomic E-state index is 0.00886. The molecule has 0 saturated heterocycles. The van der Waals surface area contributed by atoms with Gasteiger partial charge in [0.2, 0.25) is 0 Å². The molecule has 220 valence electrons. The number of anilines is 2. The fourth-order valence-corrected chi connectivity index (χ4v) is 5.96. The Labute approximate surface area is 251 Å². The van der Waals surface area contributed by atoms with Crippen LogP contribution >= 0.6 is 23.2 Å². The Bertz CT molecular complexity index is 1840. The minimum atomic E-state index is -4.32. The van der Waals surface area contributed by atoms with Crippen molar-refractivity contribution in [3.8, 4) is 11.4 Å². The maximum Gasteiger partial charge on any atom is 0.340 e. The van der Waals surface area contributed by atoms with Crippen LogP contribution in [0, 0.1) is 6.92 Å². The smallest absolute Gasteiger partial charge is 0.340 e. The molecule has 0 aliphatic carbocycles. The third-order valence-corrected chi connectivity index (χ3v) is 8.48. The van der Waals surface area contributed by atoms with Crippen molar-refractivity contribution in [1.29, 1.82) is 0 Å². The second kappa shape index (κ2) is 12.3. The van der Waals surface area contributed by atoms with Crippen molar-refractivity contribution < 1.29 is 27.5 Å². The van der Waals surface area contributed by atoms with Crippen LogP contribution in [0.4, 0.5) is 11.4 Å². The molecule has 11 nitrogen and oxygen atoms in total. The third-order valence-electron chi connectivity index (χ3n) is 6.34. The lowest BCUT2D eigenvalue weighted by molar-refractivity contribution is -0.123. The van der Waals surface area contributed by atoms with E-state index in [4.69, 9.17) is 32.7 Å². The van der Waals surface area contributed by atoms with E-state index in [0.717, 1.165) is 12.1 Å². The number of hydrogen-bond acceptors (Lipinski definition) is 7. The summed E-state index contributed by atoms with van der Waals surface area (Å²) < 4.78 is 42.1. The van der Waals surface area contributed by atoms with Gasteiger partial charge in [0, 0.05) is 7.05 Å². The highest BCUT2D eigenvalue weighted by atomic mass is 35.5. The SMILES string of the molecule is COc1ccccc1NS(=O)(=O)c1cc(C(=O)OC(C)C(=O)Nc2c(C)n(C)n(-c3ccccc3)c2=O)c(Cl)cc1Cl. The predicted octanol–water partition coefficient (Wildman–Crippen LogP) is 4.78. The summed E-state index contributed by atoms with van der Waals surface area (Å²) >= 11 is 12.4. The average Bonchev–Trinajstić information content (AvgIpc) is 3.16. The largest absolute Gasteiger partial charge is 0.495 e. The molecule has 4 aromatic rings. The number of carbonyl (C=O) groups is 2. The first-order chi connectivity index (χ1) is 19.9. The summed E-state index contributed by atoms with van der Waals surface area (Å²) in [5.41, 5.74) is 0.387. The molecular weight excluding hydrogens is 607 g/mol. The summed E-state index contributed by atoms with van der Waals surface area (Å²) in [4.78, 5) is 38.6. The van der Waals surface area contributed by atoms with Gasteiger partial charge in [-0.05, 0) is 50.2 Å². The number of para-hydroxylation sites is 3. The fraction of sp³-hybridized carbons (Fsp3) is 0.179. The molecule has 0 radical (unpaired) electrons. The molecule has 1 aromatic heterocycles. The molecule has 0 aliphatic heterocycles. The van der Waals surface area contributed by atoms with Crippen molar-refractivity contribution in [3.05, 3.63) is 98.4 Å². The number of sulfonamides is 1. The van der Waals surface area contributed by atoms with Crippen LogP contribution < -0.4 is 20.3 Å². The number of aromatic nitrogens is 2. The Morgan fingerprint density at radius 1 is 0.976 bits per heavy atom. The van der Waals surface area contributed by atoms with E-state index in [1.807, 2.05) is 6.07 Å². The van der Waals surface area contributed by atoms with E-state index in [2.05, 4.69) is 10.0 Å². The highest BCUT2D eigenvalue weighted by Crippen LogP contribution is 2.32. The lowest BCUT2D eigenvalue weighted by Gasteiger charge is -2.16. The number of esters is 1. The Hall–Kier alpha value is -4.26. The number of rotatable bonds is 9. The molecule has 0 spiro atoms. The zero-order chi connectivity index (χ0) is 30.8. The number of hydrogen-bond donors (Lipinski definition) is 2. The molecular formula is C28H26Cl2N4O7S. The zero-order valence-electron chi connectivity index (χ0n) is 22.8. The molecule has 1 unspecified atom stereocenters. The Morgan fingerprint density at radius 2 is 1.62 bits per heavy atom. The van der Waals surface area contributed by atoms with E-state index in [9.17, 15) is 22.8 Å². The molecule has 0 fully saturated rings. The summed E-state index contributed by atoms with van der Waals surface area (Å²) in [6.07, 6.45) is -1.39. The van der Waals surface area contributed by atoms with E-state index in [1.165, 1.54) is 24.8 Å². The molecule has 3 aromatic carbocycles. The molecule has 2 N–H and O–H groups in total. The quantitative estimate of drug-likeness (QED) is 0.253. The van der Waals surface area contributed by atoms with Gasteiger partial charge in [0.05, 0.1) is 39.8 Å². The Balaban J connectivity index is 1.55. The molecule has 1 atom stereocenters. The van der Waals surface area contributed by atoms with Gasteiger partial charge < -0.3 is 14.8 Å². The van der Waals surface area contributed by atoms with Gasteiger partial charge in [-0.15, -0.1) is 0 Å². The van der Waals surface area contributed by atoms with Crippen molar-refractivity contribution in [2.75, 3.05) is 17.1 Å². The van der Waals surface area contributed by atoms with Crippen LogP contribution in [0.3, 0.4) is 0 Å². The minimum Gasteiger partial charge on any atom is -0.495 e. The second-order valence-electron chi connectivity index (χ2n) is 9.04. The normalized spacial score (nSPS) is 12.0. The highest BCUT2D eigenvalue weighted by molar-refractivity contribution is 7.92. The Kier molecular flexibility index (Phi) is 9.00. The van der Waals surface area contributed by atoms with E-state index < -0.39 is 38.5 Å². The molecule has 0 bridgehead atoms. The van der Waals surface area contributed by atoms with E-state index in [0.29, 0.717) is 11.4 Å². The van der Waals surface area contributed by atoms with Gasteiger partial charge in [-0.2, -0.15) is 0 Å². The standard InChI is InChI=1S/C28H26Cl2N4O7S/c1-16-25(27(36)34(33(16)3)18-10-6-5-7-11-18)31-26(35)17(2)41-28(37)19-14-24(21(30)15-20(19)29)42(38,39)32-22-12-8-9-13-23(22)40-4/h5-15,17,32H,1-4H3,(H,31,35). The van der Waals surface area contributed by atoms with Crippen molar-refractivity contribution in [2.45, 2.75) is 24.8 Å². The topological polar surface area (TPSA) is 138 Å². The van der Waals surface area contributed by atoms with Crippen molar-refractivity contribution in [1.82, 2.24) is 9.36 Å². The average molecular weight is 634 g/mol. The van der Waals surface area contributed by atoms with Crippen LogP contribution in [0.25, 0.3) is 5.69 Å². The van der Waals surface area contributed by atoms with Crippen LogP contribution in [-0.4, -0.2) is 42.9 Å². The summed E-state index contributed by atoms with van der Waals surface area (Å²) in [6, 6.07) is 17.2. The zero-order valence-corrected chi connectivity index (χ0v) is 25.2. The number of nitrogens with one attached hydrogen (secondary N) is 2. The van der Waals surface area contributed by atoms with Crippen LogP contribution in [-0.2, 0) is 26.6 Å². The number of ether oxygens (including phenoxy) is 2. The number of amides is 1. The molecule has 0 aliphatic rings. The van der Waals surface area contributed by atoms with Crippen LogP contribution in [0.1, 0.15) is 23.0 Å². The number of nitrogens with zero attached hydrogens (tertiary/aromatic N) is 2. The van der Waals surface area contributed by atoms with Crippen LogP contribution in [0.5, 0.6) is 5.75 Å². The summed E-state index contributed by atoms with van der Waals surface area (Å²) in [7, 11) is -1.27. The molecule has 14 heteroatoms. The van der Waals surface area contributed by atoms with E-state index in [1.54, 1.807) is 61.1 Å². The highest BCUT2D eigenvalue weighted by Gasteiger charge is 2.28. The van der Waals surface area contributed by atoms with Gasteiger partial charge in [-0.3, -0.25) is 19.0 Å². The van der Waals surface area contributed by atoms with E-state index in [-0.39, 0.29) is 32.7 Å². The van der Waals surface area contributed by atoms with Gasteiger partial charge >= 0.3 is 5.97 Å². The van der Waals surface area contributed by atoms with Gasteiger partial charge in [0.15, 0.2) is 6.10 Å². The maximum absolute atomic E-state index is 13.2. The molecule has 0 saturated carbocycles. The maximum atomic E-state index is 13.2. The molecule has 1 heterocycles. The molecule has 1 amide bonds. The first-order valence-electron chi connectivity index (χ1n) is 12.4. The first-order valence-corrected chi connectivity index (χ1v) is 14.6. The lowest BCUT2D eigenvalue weighted by Crippen LogP contribution is -2.32. The Morgan fingerprint density at radius 3 is 2.29 bits per heavy atom. The summed E-state index contributed by atoms with van der Waals surface area (Å²) in [6.45, 7) is 2.95. The lowest BCUT2D eigenvalue weighted by atomic mass is 10.2.